The minimum atomic E-state index is -1.20. The van der Waals surface area contributed by atoms with Crippen molar-refractivity contribution in [1.29, 1.82) is 0 Å². The first-order chi connectivity index (χ1) is 7.45. The molecular weight excluding hydrogens is 228 g/mol. The Bertz CT molecular complexity index is 305. The van der Waals surface area contributed by atoms with Crippen LogP contribution in [0, 0.1) is 11.8 Å². The van der Waals surface area contributed by atoms with Gasteiger partial charge in [-0.3, -0.25) is 0 Å². The van der Waals surface area contributed by atoms with Gasteiger partial charge < -0.3 is 9.47 Å². The molecule has 1 heterocycles. The van der Waals surface area contributed by atoms with Crippen molar-refractivity contribution in [3.8, 4) is 0 Å². The van der Waals surface area contributed by atoms with Crippen LogP contribution in [0.5, 0.6) is 0 Å². The smallest absolute Gasteiger partial charge is 0.357 e. The lowest BCUT2D eigenvalue weighted by Crippen LogP contribution is -2.35. The summed E-state index contributed by atoms with van der Waals surface area (Å²) < 4.78 is 10.3. The van der Waals surface area contributed by atoms with Crippen molar-refractivity contribution in [2.24, 2.45) is 11.8 Å². The molecule has 2 fully saturated rings. The molecule has 0 aromatic heterocycles. The molecule has 0 aromatic rings. The zero-order chi connectivity index (χ0) is 12.0. The Balaban J connectivity index is 2.09. The van der Waals surface area contributed by atoms with Gasteiger partial charge in [-0.1, -0.05) is 31.9 Å². The van der Waals surface area contributed by atoms with E-state index in [-0.39, 0.29) is 0 Å². The van der Waals surface area contributed by atoms with Crippen LogP contribution < -0.4 is 0 Å². The van der Waals surface area contributed by atoms with Crippen LogP contribution in [-0.2, 0) is 14.3 Å². The van der Waals surface area contributed by atoms with E-state index in [1.165, 1.54) is 13.5 Å². The van der Waals surface area contributed by atoms with Gasteiger partial charge in [-0.15, -0.1) is 0 Å². The minimum Gasteiger partial charge on any atom is -0.466 e. The molecule has 3 nitrogen and oxygen atoms in total. The van der Waals surface area contributed by atoms with Gasteiger partial charge in [0, 0.05) is 0 Å². The predicted octanol–water partition coefficient (Wildman–Crippen LogP) is 2.71. The maximum absolute atomic E-state index is 11.6. The zero-order valence-corrected chi connectivity index (χ0v) is 10.8. The molecule has 2 aliphatic rings. The van der Waals surface area contributed by atoms with Crippen molar-refractivity contribution in [2.45, 2.75) is 50.2 Å². The Morgan fingerprint density at radius 2 is 2.25 bits per heavy atom. The van der Waals surface area contributed by atoms with E-state index in [0.29, 0.717) is 11.8 Å². The normalized spacial score (nSPS) is 42.4. The fraction of sp³-hybridized carbons (Fsp3) is 0.917. The molecule has 3 atom stereocenters. The molecule has 0 aromatic carbocycles. The Labute approximate surface area is 101 Å². The molecular formula is C12H19ClO3. The van der Waals surface area contributed by atoms with Crippen molar-refractivity contribution in [3.05, 3.63) is 0 Å². The van der Waals surface area contributed by atoms with Gasteiger partial charge in [0.15, 0.2) is 0 Å². The zero-order valence-electron chi connectivity index (χ0n) is 10.1. The molecule has 0 bridgehead atoms. The summed E-state index contributed by atoms with van der Waals surface area (Å²) in [6.07, 6.45) is 4.03. The highest BCUT2D eigenvalue weighted by molar-refractivity contribution is 6.36. The Morgan fingerprint density at radius 3 is 2.81 bits per heavy atom. The highest BCUT2D eigenvalue weighted by Gasteiger charge is 2.75. The van der Waals surface area contributed by atoms with E-state index in [1.807, 2.05) is 0 Å². The topological polar surface area (TPSA) is 38.8 Å². The van der Waals surface area contributed by atoms with Crippen LogP contribution >= 0.6 is 11.6 Å². The second-order valence-corrected chi connectivity index (χ2v) is 5.82. The first-order valence-electron chi connectivity index (χ1n) is 5.93. The molecule has 16 heavy (non-hydrogen) atoms. The summed E-state index contributed by atoms with van der Waals surface area (Å²) in [6, 6.07) is 0. The van der Waals surface area contributed by atoms with Crippen LogP contribution in [0.3, 0.4) is 0 Å². The van der Waals surface area contributed by atoms with E-state index in [1.54, 1.807) is 0 Å². The lowest BCUT2D eigenvalue weighted by atomic mass is 9.74. The maximum atomic E-state index is 11.6. The largest absolute Gasteiger partial charge is 0.466 e. The molecule has 0 N–H and O–H groups in total. The van der Waals surface area contributed by atoms with Crippen LogP contribution in [0.4, 0.5) is 0 Å². The number of carbonyl (C=O) groups excluding carboxylic acids is 1. The lowest BCUT2D eigenvalue weighted by Gasteiger charge is -2.30. The van der Waals surface area contributed by atoms with Gasteiger partial charge >= 0.3 is 5.97 Å². The van der Waals surface area contributed by atoms with E-state index in [0.717, 1.165) is 19.3 Å². The number of carbonyl (C=O) groups is 1. The van der Waals surface area contributed by atoms with Crippen LogP contribution in [0.25, 0.3) is 0 Å². The average Bonchev–Trinajstić information content (AvgIpc) is 2.83. The molecule has 0 amide bonds. The summed E-state index contributed by atoms with van der Waals surface area (Å²) in [5.74, 6) is 0.762. The lowest BCUT2D eigenvalue weighted by molar-refractivity contribution is -0.143. The van der Waals surface area contributed by atoms with Crippen molar-refractivity contribution in [3.63, 3.8) is 0 Å². The molecule has 0 radical (unpaired) electrons. The van der Waals surface area contributed by atoms with Gasteiger partial charge in [0.25, 0.3) is 5.06 Å². The average molecular weight is 247 g/mol. The Hall–Kier alpha value is -0.280. The molecule has 2 rings (SSSR count). The number of hydrogen-bond donors (Lipinski definition) is 0. The van der Waals surface area contributed by atoms with E-state index in [4.69, 9.17) is 21.1 Å². The molecule has 1 aliphatic heterocycles. The third-order valence-corrected chi connectivity index (χ3v) is 4.59. The Morgan fingerprint density at radius 1 is 1.56 bits per heavy atom. The summed E-state index contributed by atoms with van der Waals surface area (Å²) in [5.41, 5.74) is -0.450. The Kier molecular flexibility index (Phi) is 2.96. The highest BCUT2D eigenvalue weighted by atomic mass is 35.5. The second kappa shape index (κ2) is 3.88. The molecule has 1 aliphatic carbocycles. The van der Waals surface area contributed by atoms with E-state index in [2.05, 4.69) is 13.8 Å². The quantitative estimate of drug-likeness (QED) is 0.427. The molecule has 1 saturated heterocycles. The third-order valence-electron chi connectivity index (χ3n) is 4.02. The monoisotopic (exact) mass is 246 g/mol. The summed E-state index contributed by atoms with van der Waals surface area (Å²) in [6.45, 7) is 4.42. The molecule has 1 saturated carbocycles. The SMILES string of the molecule is COC(=O)C1(Cl)OC12CCCC(C(C)C)C2. The van der Waals surface area contributed by atoms with Gasteiger partial charge in [0.2, 0.25) is 0 Å². The molecule has 3 unspecified atom stereocenters. The van der Waals surface area contributed by atoms with Crippen molar-refractivity contribution < 1.29 is 14.3 Å². The highest BCUT2D eigenvalue weighted by Crippen LogP contribution is 2.61. The first kappa shape index (κ1) is 12.2. The number of hydrogen-bond acceptors (Lipinski definition) is 3. The van der Waals surface area contributed by atoms with Crippen molar-refractivity contribution in [2.75, 3.05) is 7.11 Å². The number of epoxide rings is 1. The van der Waals surface area contributed by atoms with Crippen molar-refractivity contribution in [1.82, 2.24) is 0 Å². The molecule has 92 valence electrons. The maximum Gasteiger partial charge on any atom is 0.357 e. The second-order valence-electron chi connectivity index (χ2n) is 5.28. The molecule has 4 heteroatoms. The summed E-state index contributed by atoms with van der Waals surface area (Å²) in [5, 5.41) is -1.20. The number of rotatable bonds is 2. The summed E-state index contributed by atoms with van der Waals surface area (Å²) in [4.78, 5) is 11.6. The van der Waals surface area contributed by atoms with Crippen LogP contribution in [0.2, 0.25) is 0 Å². The van der Waals surface area contributed by atoms with E-state index < -0.39 is 16.6 Å². The van der Waals surface area contributed by atoms with Gasteiger partial charge in [-0.25, -0.2) is 4.79 Å². The van der Waals surface area contributed by atoms with Crippen LogP contribution in [0.15, 0.2) is 0 Å². The number of ether oxygens (including phenoxy) is 2. The minimum absolute atomic E-state index is 0.446. The number of halogens is 1. The molecule has 1 spiro atoms. The number of alkyl halides is 1. The third kappa shape index (κ3) is 1.65. The standard InChI is InChI=1S/C12H19ClO3/c1-8(2)9-5-4-6-11(7-9)12(13,16-11)10(14)15-3/h8-9H,4-7H2,1-3H3. The van der Waals surface area contributed by atoms with Gasteiger partial charge in [-0.2, -0.15) is 0 Å². The number of methoxy groups -OCH3 is 1. The van der Waals surface area contributed by atoms with Gasteiger partial charge in [0.05, 0.1) is 7.11 Å². The van der Waals surface area contributed by atoms with Gasteiger partial charge in [0.1, 0.15) is 5.60 Å². The summed E-state index contributed by atoms with van der Waals surface area (Å²) in [7, 11) is 1.35. The van der Waals surface area contributed by atoms with Gasteiger partial charge in [-0.05, 0) is 31.1 Å². The predicted molar refractivity (Wildman–Crippen MR) is 61.2 cm³/mol. The van der Waals surface area contributed by atoms with E-state index in [9.17, 15) is 4.79 Å². The van der Waals surface area contributed by atoms with Crippen LogP contribution in [0.1, 0.15) is 39.5 Å². The van der Waals surface area contributed by atoms with Crippen LogP contribution in [-0.4, -0.2) is 23.7 Å². The summed E-state index contributed by atoms with van der Waals surface area (Å²) >= 11 is 6.20. The fourth-order valence-electron chi connectivity index (χ4n) is 2.83. The number of esters is 1. The fourth-order valence-corrected chi connectivity index (χ4v) is 3.23. The van der Waals surface area contributed by atoms with Crippen molar-refractivity contribution >= 4 is 17.6 Å². The van der Waals surface area contributed by atoms with E-state index >= 15 is 0 Å². The first-order valence-corrected chi connectivity index (χ1v) is 6.30.